The maximum Gasteiger partial charge on any atom is 0.240 e. The first-order valence-corrected chi connectivity index (χ1v) is 6.06. The molecule has 0 aliphatic heterocycles. The average molecular weight is 270 g/mol. The van der Waals surface area contributed by atoms with Crippen LogP contribution in [-0.2, 0) is 0 Å². The summed E-state index contributed by atoms with van der Waals surface area (Å²) in [5, 5.41) is 4.22. The van der Waals surface area contributed by atoms with Crippen molar-refractivity contribution in [2.75, 3.05) is 20.0 Å². The number of fused-ring (bicyclic) bond motifs is 1. The van der Waals surface area contributed by atoms with Gasteiger partial charge in [-0.1, -0.05) is 12.1 Å². The molecule has 0 atom stereocenters. The monoisotopic (exact) mass is 270 g/mol. The average Bonchev–Trinajstić information content (AvgIpc) is 2.87. The molecule has 0 amide bonds. The fourth-order valence-corrected chi connectivity index (χ4v) is 2.12. The lowest BCUT2D eigenvalue weighted by Gasteiger charge is -2.08. The van der Waals surface area contributed by atoms with Crippen LogP contribution in [0.25, 0.3) is 16.9 Å². The van der Waals surface area contributed by atoms with Gasteiger partial charge < -0.3 is 15.2 Å². The Morgan fingerprint density at radius 3 is 2.70 bits per heavy atom. The number of aromatic nitrogens is 3. The summed E-state index contributed by atoms with van der Waals surface area (Å²) in [6.07, 6.45) is 0. The molecule has 3 rings (SSSR count). The molecule has 0 unspecified atom stereocenters. The van der Waals surface area contributed by atoms with E-state index in [-0.39, 0.29) is 5.95 Å². The van der Waals surface area contributed by atoms with E-state index >= 15 is 0 Å². The highest BCUT2D eigenvalue weighted by Crippen LogP contribution is 2.28. The third-order valence-corrected chi connectivity index (χ3v) is 3.05. The van der Waals surface area contributed by atoms with Crippen LogP contribution in [0.3, 0.4) is 0 Å². The number of pyridine rings is 1. The second kappa shape index (κ2) is 4.73. The summed E-state index contributed by atoms with van der Waals surface area (Å²) in [5.41, 5.74) is 8.11. The number of rotatable bonds is 3. The van der Waals surface area contributed by atoms with Gasteiger partial charge in [0.1, 0.15) is 5.75 Å². The Balaban J connectivity index is 2.25. The number of nitrogens with two attached hydrogens (primary N) is 1. The summed E-state index contributed by atoms with van der Waals surface area (Å²) in [7, 11) is 3.22. The third kappa shape index (κ3) is 1.91. The predicted octanol–water partition coefficient (Wildman–Crippen LogP) is 2.00. The van der Waals surface area contributed by atoms with E-state index < -0.39 is 0 Å². The van der Waals surface area contributed by atoms with E-state index in [1.807, 2.05) is 36.4 Å². The van der Waals surface area contributed by atoms with Crippen molar-refractivity contribution >= 4 is 11.6 Å². The van der Waals surface area contributed by atoms with Crippen LogP contribution >= 0.6 is 0 Å². The fourth-order valence-electron chi connectivity index (χ4n) is 2.12. The Labute approximate surface area is 115 Å². The summed E-state index contributed by atoms with van der Waals surface area (Å²) < 4.78 is 12.2. The molecule has 1 aromatic carbocycles. The quantitative estimate of drug-likeness (QED) is 0.787. The van der Waals surface area contributed by atoms with E-state index in [1.54, 1.807) is 18.7 Å². The van der Waals surface area contributed by atoms with Crippen LogP contribution in [0.4, 0.5) is 5.95 Å². The number of benzene rings is 1. The lowest BCUT2D eigenvalue weighted by atomic mass is 10.1. The Bertz CT molecular complexity index is 767. The molecule has 6 heteroatoms. The number of ether oxygens (including phenoxy) is 2. The molecular formula is C14H14N4O2. The van der Waals surface area contributed by atoms with E-state index in [1.165, 1.54) is 0 Å². The summed E-state index contributed by atoms with van der Waals surface area (Å²) in [4.78, 5) is 4.19. The molecule has 0 radical (unpaired) electrons. The number of hydrogen-bond donors (Lipinski definition) is 1. The zero-order chi connectivity index (χ0) is 14.1. The molecule has 3 aromatic rings. The van der Waals surface area contributed by atoms with Gasteiger partial charge in [-0.15, -0.1) is 5.10 Å². The van der Waals surface area contributed by atoms with Gasteiger partial charge in [0.2, 0.25) is 5.95 Å². The van der Waals surface area contributed by atoms with E-state index in [4.69, 9.17) is 15.2 Å². The second-order valence-corrected chi connectivity index (χ2v) is 4.22. The molecule has 0 bridgehead atoms. The van der Waals surface area contributed by atoms with Crippen molar-refractivity contribution < 1.29 is 9.47 Å². The van der Waals surface area contributed by atoms with Crippen LogP contribution < -0.4 is 15.2 Å². The number of hydrogen-bond acceptors (Lipinski definition) is 5. The standard InChI is InChI=1S/C14H14N4O2/c1-19-10-5-3-4-9(8-10)11-6-7-12(20-2)13-16-14(15)17-18(11)13/h3-8H,1-2H3,(H2,15,17). The smallest absolute Gasteiger partial charge is 0.240 e. The van der Waals surface area contributed by atoms with Gasteiger partial charge in [0.15, 0.2) is 11.4 Å². The van der Waals surface area contributed by atoms with Crippen molar-refractivity contribution in [3.8, 4) is 22.8 Å². The van der Waals surface area contributed by atoms with E-state index in [9.17, 15) is 0 Å². The molecule has 102 valence electrons. The molecule has 0 saturated carbocycles. The SMILES string of the molecule is COc1cccc(-c2ccc(OC)c3nc(N)nn23)c1. The molecule has 2 aromatic heterocycles. The van der Waals surface area contributed by atoms with Crippen LogP contribution in [-0.4, -0.2) is 28.8 Å². The van der Waals surface area contributed by atoms with Crippen LogP contribution in [0.5, 0.6) is 11.5 Å². The maximum absolute atomic E-state index is 5.69. The van der Waals surface area contributed by atoms with Crippen LogP contribution in [0.1, 0.15) is 0 Å². The van der Waals surface area contributed by atoms with E-state index in [2.05, 4.69) is 10.1 Å². The summed E-state index contributed by atoms with van der Waals surface area (Å²) >= 11 is 0. The van der Waals surface area contributed by atoms with E-state index in [0.29, 0.717) is 11.4 Å². The van der Waals surface area contributed by atoms with Gasteiger partial charge in [0.05, 0.1) is 19.9 Å². The van der Waals surface area contributed by atoms with Gasteiger partial charge in [0, 0.05) is 5.56 Å². The Morgan fingerprint density at radius 2 is 1.95 bits per heavy atom. The van der Waals surface area contributed by atoms with Gasteiger partial charge >= 0.3 is 0 Å². The summed E-state index contributed by atoms with van der Waals surface area (Å²) in [6, 6.07) is 11.5. The third-order valence-electron chi connectivity index (χ3n) is 3.05. The Hall–Kier alpha value is -2.76. The molecule has 20 heavy (non-hydrogen) atoms. The Kier molecular flexibility index (Phi) is 2.90. The highest BCUT2D eigenvalue weighted by molar-refractivity contribution is 5.68. The first-order valence-electron chi connectivity index (χ1n) is 6.06. The molecule has 0 aliphatic rings. The molecule has 0 fully saturated rings. The van der Waals surface area contributed by atoms with Gasteiger partial charge in [-0.05, 0) is 24.3 Å². The van der Waals surface area contributed by atoms with Crippen molar-refractivity contribution in [3.63, 3.8) is 0 Å². The normalized spacial score (nSPS) is 10.7. The molecule has 0 spiro atoms. The second-order valence-electron chi connectivity index (χ2n) is 4.22. The zero-order valence-corrected chi connectivity index (χ0v) is 11.2. The van der Waals surface area contributed by atoms with E-state index in [0.717, 1.165) is 17.0 Å². The lowest BCUT2D eigenvalue weighted by molar-refractivity contribution is 0.415. The molecule has 2 N–H and O–H groups in total. The van der Waals surface area contributed by atoms with Gasteiger partial charge in [-0.2, -0.15) is 4.98 Å². The van der Waals surface area contributed by atoms with Crippen LogP contribution in [0.15, 0.2) is 36.4 Å². The lowest BCUT2D eigenvalue weighted by Crippen LogP contribution is -1.97. The summed E-state index contributed by atoms with van der Waals surface area (Å²) in [6.45, 7) is 0. The largest absolute Gasteiger partial charge is 0.497 e. The minimum atomic E-state index is 0.207. The minimum absolute atomic E-state index is 0.207. The minimum Gasteiger partial charge on any atom is -0.497 e. The highest BCUT2D eigenvalue weighted by Gasteiger charge is 2.12. The molecule has 2 heterocycles. The molecule has 6 nitrogen and oxygen atoms in total. The fraction of sp³-hybridized carbons (Fsp3) is 0.143. The van der Waals surface area contributed by atoms with Crippen LogP contribution in [0.2, 0.25) is 0 Å². The number of anilines is 1. The number of nitrogen functional groups attached to an aromatic ring is 1. The van der Waals surface area contributed by atoms with Crippen molar-refractivity contribution in [2.45, 2.75) is 0 Å². The number of nitrogens with zero attached hydrogens (tertiary/aromatic N) is 3. The Morgan fingerprint density at radius 1 is 1.10 bits per heavy atom. The molecule has 0 saturated heterocycles. The first-order chi connectivity index (χ1) is 9.72. The maximum atomic E-state index is 5.69. The summed E-state index contributed by atoms with van der Waals surface area (Å²) in [5.74, 6) is 1.61. The molecule has 0 aliphatic carbocycles. The topological polar surface area (TPSA) is 74.7 Å². The zero-order valence-electron chi connectivity index (χ0n) is 11.2. The van der Waals surface area contributed by atoms with Crippen molar-refractivity contribution in [2.24, 2.45) is 0 Å². The number of methoxy groups -OCH3 is 2. The van der Waals surface area contributed by atoms with Crippen molar-refractivity contribution in [3.05, 3.63) is 36.4 Å². The highest BCUT2D eigenvalue weighted by atomic mass is 16.5. The van der Waals surface area contributed by atoms with Crippen LogP contribution in [0, 0.1) is 0 Å². The predicted molar refractivity (Wildman–Crippen MR) is 75.9 cm³/mol. The first kappa shape index (κ1) is 12.3. The molecular weight excluding hydrogens is 256 g/mol. The van der Waals surface area contributed by atoms with Crippen molar-refractivity contribution in [1.29, 1.82) is 0 Å². The van der Waals surface area contributed by atoms with Gasteiger partial charge in [-0.3, -0.25) is 0 Å². The van der Waals surface area contributed by atoms with Gasteiger partial charge in [-0.25, -0.2) is 4.52 Å². The van der Waals surface area contributed by atoms with Gasteiger partial charge in [0.25, 0.3) is 0 Å². The van der Waals surface area contributed by atoms with Crippen molar-refractivity contribution in [1.82, 2.24) is 14.6 Å².